The Bertz CT molecular complexity index is 902. The number of benzene rings is 2. The van der Waals surface area contributed by atoms with E-state index in [2.05, 4.69) is 5.32 Å². The van der Waals surface area contributed by atoms with Crippen molar-refractivity contribution in [3.8, 4) is 11.5 Å². The van der Waals surface area contributed by atoms with Crippen LogP contribution in [0.3, 0.4) is 0 Å². The van der Waals surface area contributed by atoms with Crippen molar-refractivity contribution in [3.05, 3.63) is 64.9 Å². The molecule has 1 aliphatic rings. The maximum absolute atomic E-state index is 13.1. The van der Waals surface area contributed by atoms with Gasteiger partial charge in [-0.1, -0.05) is 29.8 Å². The maximum atomic E-state index is 13.1. The predicted molar refractivity (Wildman–Crippen MR) is 101 cm³/mol. The van der Waals surface area contributed by atoms with Gasteiger partial charge in [-0.15, -0.1) is 0 Å². The lowest BCUT2D eigenvalue weighted by molar-refractivity contribution is -0.143. The van der Waals surface area contributed by atoms with E-state index in [4.69, 9.17) is 25.8 Å². The monoisotopic (exact) mass is 405 g/mol. The summed E-state index contributed by atoms with van der Waals surface area (Å²) in [6.07, 6.45) is 2.21. The van der Waals surface area contributed by atoms with Crippen molar-refractivity contribution in [1.29, 1.82) is 0 Å². The van der Waals surface area contributed by atoms with Crippen LogP contribution < -0.4 is 14.8 Å². The minimum Gasteiger partial charge on any atom is -0.486 e. The van der Waals surface area contributed by atoms with Gasteiger partial charge in [0, 0.05) is 6.08 Å². The van der Waals surface area contributed by atoms with Gasteiger partial charge in [0.05, 0.1) is 11.6 Å². The van der Waals surface area contributed by atoms with Crippen molar-refractivity contribution in [2.75, 3.05) is 19.8 Å². The number of hydrogen-bond acceptors (Lipinski definition) is 5. The molecule has 28 heavy (non-hydrogen) atoms. The first kappa shape index (κ1) is 19.7. The molecule has 146 valence electrons. The summed E-state index contributed by atoms with van der Waals surface area (Å²) < 4.78 is 29.2. The number of amides is 1. The molecule has 0 radical (unpaired) electrons. The first-order valence-corrected chi connectivity index (χ1v) is 8.84. The van der Waals surface area contributed by atoms with Gasteiger partial charge in [0.1, 0.15) is 18.5 Å². The number of rotatable bonds is 6. The fraction of sp³-hybridized carbons (Fsp3) is 0.200. The van der Waals surface area contributed by atoms with Crippen molar-refractivity contribution >= 4 is 29.6 Å². The summed E-state index contributed by atoms with van der Waals surface area (Å²) in [4.78, 5) is 23.5. The Labute approximate surface area is 165 Å². The standard InChI is InChI=1S/C20H17ClFNO5/c21-15-9-13(5-7-16(15)22)6-8-20(25)27-12-19(24)23-10-14-11-26-17-3-1-2-4-18(17)28-14/h1-9,14H,10-12H2,(H,23,24)/b8-6+/t14-/m0/s1. The highest BCUT2D eigenvalue weighted by Gasteiger charge is 2.21. The van der Waals surface area contributed by atoms with E-state index < -0.39 is 24.3 Å². The van der Waals surface area contributed by atoms with Gasteiger partial charge in [-0.3, -0.25) is 4.79 Å². The Kier molecular flexibility index (Phi) is 6.49. The summed E-state index contributed by atoms with van der Waals surface area (Å²) in [6, 6.07) is 11.3. The number of esters is 1. The number of fused-ring (bicyclic) bond motifs is 1. The lowest BCUT2D eigenvalue weighted by atomic mass is 10.2. The van der Waals surface area contributed by atoms with Crippen LogP contribution >= 0.6 is 11.6 Å². The van der Waals surface area contributed by atoms with Crippen molar-refractivity contribution in [3.63, 3.8) is 0 Å². The molecular formula is C20H17ClFNO5. The highest BCUT2D eigenvalue weighted by molar-refractivity contribution is 6.30. The fourth-order valence-corrected chi connectivity index (χ4v) is 2.60. The third-order valence-electron chi connectivity index (χ3n) is 3.80. The molecule has 2 aromatic carbocycles. The Balaban J connectivity index is 1.39. The molecule has 8 heteroatoms. The number of ether oxygens (including phenoxy) is 3. The molecule has 0 saturated heterocycles. The average molecular weight is 406 g/mol. The molecule has 0 aliphatic carbocycles. The Morgan fingerprint density at radius 1 is 1.25 bits per heavy atom. The lowest BCUT2D eigenvalue weighted by Gasteiger charge is -2.26. The highest BCUT2D eigenvalue weighted by Crippen LogP contribution is 2.30. The molecule has 0 aromatic heterocycles. The summed E-state index contributed by atoms with van der Waals surface area (Å²) in [5, 5.41) is 2.57. The van der Waals surface area contributed by atoms with Crippen molar-refractivity contribution in [1.82, 2.24) is 5.32 Å². The first-order chi connectivity index (χ1) is 13.5. The second-order valence-electron chi connectivity index (χ2n) is 5.92. The molecule has 0 unspecified atom stereocenters. The number of halogens is 2. The van der Waals surface area contributed by atoms with Crippen LogP contribution in [0.1, 0.15) is 5.56 Å². The molecule has 0 fully saturated rings. The summed E-state index contributed by atoms with van der Waals surface area (Å²) in [7, 11) is 0. The Hall–Kier alpha value is -3.06. The zero-order valence-electron chi connectivity index (χ0n) is 14.7. The second kappa shape index (κ2) is 9.23. The zero-order chi connectivity index (χ0) is 19.9. The van der Waals surface area contributed by atoms with Gasteiger partial charge in [0.2, 0.25) is 0 Å². The van der Waals surface area contributed by atoms with Gasteiger partial charge in [-0.05, 0) is 35.9 Å². The van der Waals surface area contributed by atoms with E-state index in [1.807, 2.05) is 12.1 Å². The predicted octanol–water partition coefficient (Wildman–Crippen LogP) is 2.99. The van der Waals surface area contributed by atoms with E-state index in [9.17, 15) is 14.0 Å². The molecule has 1 aliphatic heterocycles. The summed E-state index contributed by atoms with van der Waals surface area (Å²) >= 11 is 5.66. The van der Waals surface area contributed by atoms with E-state index in [0.717, 1.165) is 6.08 Å². The molecule has 6 nitrogen and oxygen atoms in total. The smallest absolute Gasteiger partial charge is 0.331 e. The Morgan fingerprint density at radius 2 is 2.04 bits per heavy atom. The van der Waals surface area contributed by atoms with Crippen molar-refractivity contribution in [2.24, 2.45) is 0 Å². The summed E-state index contributed by atoms with van der Waals surface area (Å²) in [5.41, 5.74) is 0.530. The van der Waals surface area contributed by atoms with Crippen molar-refractivity contribution in [2.45, 2.75) is 6.10 Å². The number of hydrogen-bond donors (Lipinski definition) is 1. The highest BCUT2D eigenvalue weighted by atomic mass is 35.5. The van der Waals surface area contributed by atoms with Crippen LogP contribution in [-0.4, -0.2) is 37.7 Å². The molecule has 3 rings (SSSR count). The molecule has 1 amide bonds. The summed E-state index contributed by atoms with van der Waals surface area (Å²) in [6.45, 7) is 0.0895. The van der Waals surface area contributed by atoms with E-state index >= 15 is 0 Å². The van der Waals surface area contributed by atoms with Crippen molar-refractivity contribution < 1.29 is 28.2 Å². The topological polar surface area (TPSA) is 73.9 Å². The average Bonchev–Trinajstić information content (AvgIpc) is 2.71. The third kappa shape index (κ3) is 5.47. The van der Waals surface area contributed by atoms with Gasteiger partial charge in [-0.2, -0.15) is 0 Å². The van der Waals surface area contributed by atoms with Crippen LogP contribution in [0, 0.1) is 5.82 Å². The minimum atomic E-state index is -0.707. The molecule has 1 N–H and O–H groups in total. The van der Waals surface area contributed by atoms with Crippen LogP contribution in [0.4, 0.5) is 4.39 Å². The van der Waals surface area contributed by atoms with Crippen LogP contribution in [0.15, 0.2) is 48.5 Å². The van der Waals surface area contributed by atoms with Gasteiger partial charge >= 0.3 is 5.97 Å². The Morgan fingerprint density at radius 3 is 2.82 bits per heavy atom. The fourth-order valence-electron chi connectivity index (χ4n) is 2.41. The largest absolute Gasteiger partial charge is 0.486 e. The number of nitrogens with one attached hydrogen (secondary N) is 1. The number of para-hydroxylation sites is 2. The quantitative estimate of drug-likeness (QED) is 0.590. The molecule has 1 heterocycles. The van der Waals surface area contributed by atoms with Gasteiger partial charge in [-0.25, -0.2) is 9.18 Å². The molecule has 0 spiro atoms. The minimum absolute atomic E-state index is 0.0496. The van der Waals surface area contributed by atoms with Crippen LogP contribution in [-0.2, 0) is 14.3 Å². The molecule has 1 atom stereocenters. The number of carbonyl (C=O) groups is 2. The third-order valence-corrected chi connectivity index (χ3v) is 4.09. The van der Waals surface area contributed by atoms with E-state index in [1.165, 1.54) is 24.3 Å². The number of carbonyl (C=O) groups excluding carboxylic acids is 2. The lowest BCUT2D eigenvalue weighted by Crippen LogP contribution is -2.42. The molecule has 0 bridgehead atoms. The van der Waals surface area contributed by atoms with Crippen LogP contribution in [0.2, 0.25) is 5.02 Å². The first-order valence-electron chi connectivity index (χ1n) is 8.46. The second-order valence-corrected chi connectivity index (χ2v) is 6.32. The van der Waals surface area contributed by atoms with Crippen LogP contribution in [0.5, 0.6) is 11.5 Å². The zero-order valence-corrected chi connectivity index (χ0v) is 15.4. The molecule has 2 aromatic rings. The van der Waals surface area contributed by atoms with Gasteiger partial charge < -0.3 is 19.5 Å². The molecular weight excluding hydrogens is 389 g/mol. The van der Waals surface area contributed by atoms with Crippen LogP contribution in [0.25, 0.3) is 6.08 Å². The summed E-state index contributed by atoms with van der Waals surface area (Å²) in [5.74, 6) is -0.441. The van der Waals surface area contributed by atoms with E-state index in [0.29, 0.717) is 23.7 Å². The maximum Gasteiger partial charge on any atom is 0.331 e. The van der Waals surface area contributed by atoms with E-state index in [-0.39, 0.29) is 17.7 Å². The SMILES string of the molecule is O=C(COC(=O)/C=C/c1ccc(F)c(Cl)c1)NC[C@H]1COc2ccccc2O1. The molecule has 0 saturated carbocycles. The van der Waals surface area contributed by atoms with Gasteiger partial charge in [0.25, 0.3) is 5.91 Å². The van der Waals surface area contributed by atoms with Gasteiger partial charge in [0.15, 0.2) is 18.1 Å². The normalized spacial score (nSPS) is 15.3. The van der Waals surface area contributed by atoms with E-state index in [1.54, 1.807) is 12.1 Å².